The lowest BCUT2D eigenvalue weighted by Crippen LogP contribution is -2.46. The molecule has 1 N–H and O–H groups in total. The minimum Gasteiger partial charge on any atom is -0.314 e. The highest BCUT2D eigenvalue weighted by atomic mass is 15.2. The molecule has 0 saturated carbocycles. The molecule has 0 aromatic rings. The van der Waals surface area contributed by atoms with Crippen LogP contribution in [0.15, 0.2) is 0 Å². The van der Waals surface area contributed by atoms with Crippen LogP contribution >= 0.6 is 0 Å². The van der Waals surface area contributed by atoms with Gasteiger partial charge in [0.25, 0.3) is 0 Å². The standard InChI is InChI=1S/C12H23N3/c1-3-4-5-8-14(2)11-12-15-9-6-13-7-10-15/h1,13H,4-12H2,2H3. The van der Waals surface area contributed by atoms with Crippen molar-refractivity contribution in [2.45, 2.75) is 12.8 Å². The first-order chi connectivity index (χ1) is 7.33. The van der Waals surface area contributed by atoms with E-state index >= 15 is 0 Å². The Hall–Kier alpha value is -0.560. The molecule has 3 heteroatoms. The highest BCUT2D eigenvalue weighted by Gasteiger charge is 2.09. The molecule has 0 aliphatic carbocycles. The van der Waals surface area contributed by atoms with Crippen LogP contribution in [-0.4, -0.2) is 62.7 Å². The number of hydrogen-bond acceptors (Lipinski definition) is 3. The molecular weight excluding hydrogens is 186 g/mol. The molecule has 1 heterocycles. The Bertz CT molecular complexity index is 192. The molecule has 0 unspecified atom stereocenters. The van der Waals surface area contributed by atoms with Crippen LogP contribution in [-0.2, 0) is 0 Å². The minimum atomic E-state index is 0.901. The number of piperazine rings is 1. The average molecular weight is 209 g/mol. The fraction of sp³-hybridized carbons (Fsp3) is 0.833. The van der Waals surface area contributed by atoms with E-state index in [1.807, 2.05) is 0 Å². The molecule has 0 aromatic carbocycles. The lowest BCUT2D eigenvalue weighted by Gasteiger charge is -2.29. The molecule has 0 amide bonds. The number of rotatable bonds is 6. The normalized spacial score (nSPS) is 17.9. The van der Waals surface area contributed by atoms with Gasteiger partial charge in [-0.3, -0.25) is 4.90 Å². The Morgan fingerprint density at radius 1 is 1.33 bits per heavy atom. The lowest BCUT2D eigenvalue weighted by atomic mass is 10.3. The molecule has 0 atom stereocenters. The molecular formula is C12H23N3. The van der Waals surface area contributed by atoms with Crippen LogP contribution in [0.1, 0.15) is 12.8 Å². The fourth-order valence-corrected chi connectivity index (χ4v) is 1.81. The number of unbranched alkanes of at least 4 members (excludes halogenated alkanes) is 1. The van der Waals surface area contributed by atoms with Crippen molar-refractivity contribution in [1.29, 1.82) is 0 Å². The summed E-state index contributed by atoms with van der Waals surface area (Å²) in [7, 11) is 2.18. The van der Waals surface area contributed by atoms with Crippen LogP contribution in [0.4, 0.5) is 0 Å². The van der Waals surface area contributed by atoms with Gasteiger partial charge in [-0.1, -0.05) is 0 Å². The van der Waals surface area contributed by atoms with E-state index in [1.165, 1.54) is 19.6 Å². The van der Waals surface area contributed by atoms with Gasteiger partial charge >= 0.3 is 0 Å². The molecule has 0 radical (unpaired) electrons. The highest BCUT2D eigenvalue weighted by molar-refractivity contribution is 4.83. The monoisotopic (exact) mass is 209 g/mol. The zero-order chi connectivity index (χ0) is 10.9. The highest BCUT2D eigenvalue weighted by Crippen LogP contribution is 1.95. The first kappa shape index (κ1) is 12.5. The van der Waals surface area contributed by atoms with E-state index in [1.54, 1.807) is 0 Å². The Morgan fingerprint density at radius 3 is 2.73 bits per heavy atom. The zero-order valence-electron chi connectivity index (χ0n) is 9.84. The predicted octanol–water partition coefficient (Wildman–Crippen LogP) is 0.237. The smallest absolute Gasteiger partial charge is 0.0110 e. The lowest BCUT2D eigenvalue weighted by molar-refractivity contribution is 0.204. The van der Waals surface area contributed by atoms with E-state index in [-0.39, 0.29) is 0 Å². The third-order valence-electron chi connectivity index (χ3n) is 2.87. The molecule has 1 aliphatic rings. The first-order valence-corrected chi connectivity index (χ1v) is 5.88. The summed E-state index contributed by atoms with van der Waals surface area (Å²) in [5.74, 6) is 2.68. The number of hydrogen-bond donors (Lipinski definition) is 1. The van der Waals surface area contributed by atoms with Crippen LogP contribution in [0.5, 0.6) is 0 Å². The van der Waals surface area contributed by atoms with Gasteiger partial charge in [0.15, 0.2) is 0 Å². The van der Waals surface area contributed by atoms with Crippen LogP contribution in [0.2, 0.25) is 0 Å². The van der Waals surface area contributed by atoms with Gasteiger partial charge in [0.05, 0.1) is 0 Å². The average Bonchev–Trinajstić information content (AvgIpc) is 2.28. The molecule has 1 aliphatic heterocycles. The Morgan fingerprint density at radius 2 is 2.07 bits per heavy atom. The summed E-state index contributed by atoms with van der Waals surface area (Å²) in [5, 5.41) is 3.37. The van der Waals surface area contributed by atoms with Crippen molar-refractivity contribution >= 4 is 0 Å². The molecule has 1 fully saturated rings. The van der Waals surface area contributed by atoms with Crippen LogP contribution in [0.25, 0.3) is 0 Å². The molecule has 3 nitrogen and oxygen atoms in total. The van der Waals surface area contributed by atoms with Crippen molar-refractivity contribution in [3.8, 4) is 12.3 Å². The molecule has 15 heavy (non-hydrogen) atoms. The second-order valence-corrected chi connectivity index (χ2v) is 4.20. The topological polar surface area (TPSA) is 18.5 Å². The van der Waals surface area contributed by atoms with E-state index in [0.717, 1.165) is 39.0 Å². The number of likely N-dealkylation sites (N-methyl/N-ethyl adjacent to an activating group) is 1. The maximum absolute atomic E-state index is 5.22. The predicted molar refractivity (Wildman–Crippen MR) is 64.9 cm³/mol. The zero-order valence-corrected chi connectivity index (χ0v) is 9.84. The molecule has 1 rings (SSSR count). The third-order valence-corrected chi connectivity index (χ3v) is 2.87. The van der Waals surface area contributed by atoms with Crippen LogP contribution in [0, 0.1) is 12.3 Å². The van der Waals surface area contributed by atoms with Crippen molar-refractivity contribution in [2.24, 2.45) is 0 Å². The van der Waals surface area contributed by atoms with Gasteiger partial charge in [-0.2, -0.15) is 0 Å². The second-order valence-electron chi connectivity index (χ2n) is 4.20. The molecule has 0 aromatic heterocycles. The second kappa shape index (κ2) is 7.70. The van der Waals surface area contributed by atoms with Crippen molar-refractivity contribution in [3.05, 3.63) is 0 Å². The summed E-state index contributed by atoms with van der Waals surface area (Å²) in [4.78, 5) is 4.90. The molecule has 0 spiro atoms. The summed E-state index contributed by atoms with van der Waals surface area (Å²) in [6, 6.07) is 0. The van der Waals surface area contributed by atoms with Crippen molar-refractivity contribution in [2.75, 3.05) is 52.9 Å². The van der Waals surface area contributed by atoms with E-state index in [2.05, 4.69) is 28.1 Å². The van der Waals surface area contributed by atoms with E-state index < -0.39 is 0 Å². The van der Waals surface area contributed by atoms with Crippen molar-refractivity contribution in [1.82, 2.24) is 15.1 Å². The maximum Gasteiger partial charge on any atom is 0.0110 e. The Balaban J connectivity index is 2.00. The van der Waals surface area contributed by atoms with Gasteiger partial charge in [0.1, 0.15) is 0 Å². The van der Waals surface area contributed by atoms with Gasteiger partial charge in [-0.25, -0.2) is 0 Å². The summed E-state index contributed by atoms with van der Waals surface area (Å²) < 4.78 is 0. The molecule has 86 valence electrons. The largest absolute Gasteiger partial charge is 0.314 e. The Kier molecular flexibility index (Phi) is 6.42. The van der Waals surface area contributed by atoms with E-state index in [4.69, 9.17) is 6.42 Å². The van der Waals surface area contributed by atoms with Crippen LogP contribution in [0.3, 0.4) is 0 Å². The summed E-state index contributed by atoms with van der Waals surface area (Å²) in [6.45, 7) is 8.13. The summed E-state index contributed by atoms with van der Waals surface area (Å²) in [6.07, 6.45) is 7.24. The number of terminal acetylenes is 1. The van der Waals surface area contributed by atoms with Gasteiger partial charge in [-0.15, -0.1) is 12.3 Å². The first-order valence-electron chi connectivity index (χ1n) is 5.88. The van der Waals surface area contributed by atoms with Gasteiger partial charge in [0.2, 0.25) is 0 Å². The summed E-state index contributed by atoms with van der Waals surface area (Å²) >= 11 is 0. The third kappa shape index (κ3) is 5.78. The van der Waals surface area contributed by atoms with Gasteiger partial charge in [-0.05, 0) is 20.0 Å². The summed E-state index contributed by atoms with van der Waals surface area (Å²) in [5.41, 5.74) is 0. The maximum atomic E-state index is 5.22. The molecule has 1 saturated heterocycles. The van der Waals surface area contributed by atoms with Gasteiger partial charge in [0, 0.05) is 45.7 Å². The Labute approximate surface area is 93.8 Å². The quantitative estimate of drug-likeness (QED) is 0.499. The SMILES string of the molecule is C#CCCCN(C)CCN1CCNCC1. The van der Waals surface area contributed by atoms with E-state index in [0.29, 0.717) is 0 Å². The van der Waals surface area contributed by atoms with Gasteiger partial charge < -0.3 is 10.2 Å². The van der Waals surface area contributed by atoms with Crippen LogP contribution < -0.4 is 5.32 Å². The number of nitrogens with one attached hydrogen (secondary N) is 1. The van der Waals surface area contributed by atoms with E-state index in [9.17, 15) is 0 Å². The number of nitrogens with zero attached hydrogens (tertiary/aromatic N) is 2. The fourth-order valence-electron chi connectivity index (χ4n) is 1.81. The molecule has 0 bridgehead atoms. The minimum absolute atomic E-state index is 0.901. The van der Waals surface area contributed by atoms with Crippen molar-refractivity contribution < 1.29 is 0 Å². The van der Waals surface area contributed by atoms with Crippen molar-refractivity contribution in [3.63, 3.8) is 0 Å².